The molecule has 0 fully saturated rings. The number of benzene rings is 1. The summed E-state index contributed by atoms with van der Waals surface area (Å²) in [6, 6.07) is 5.24. The van der Waals surface area contributed by atoms with Crippen LogP contribution in [0.3, 0.4) is 0 Å². The molecular formula is C12H18F2N2O2S. The van der Waals surface area contributed by atoms with Gasteiger partial charge in [0.25, 0.3) is 0 Å². The molecule has 1 unspecified atom stereocenters. The Morgan fingerprint density at radius 3 is 2.21 bits per heavy atom. The Bertz CT molecular complexity index is 511. The fourth-order valence-corrected chi connectivity index (χ4v) is 2.18. The van der Waals surface area contributed by atoms with E-state index in [1.165, 1.54) is 12.1 Å². The molecule has 1 aromatic carbocycles. The second-order valence-corrected chi connectivity index (χ2v) is 6.49. The van der Waals surface area contributed by atoms with E-state index in [2.05, 4.69) is 5.32 Å². The minimum absolute atomic E-state index is 0.316. The highest BCUT2D eigenvalue weighted by Gasteiger charge is 2.26. The Kier molecular flexibility index (Phi) is 4.86. The van der Waals surface area contributed by atoms with E-state index in [0.717, 1.165) is 18.6 Å². The smallest absolute Gasteiger partial charge is 0.341 e. The normalized spacial score (nSPS) is 15.3. The molecule has 0 aliphatic carbocycles. The van der Waals surface area contributed by atoms with Gasteiger partial charge in [-0.25, -0.2) is 8.42 Å². The van der Waals surface area contributed by atoms with Gasteiger partial charge in [-0.05, 0) is 37.6 Å². The number of anilines is 1. The van der Waals surface area contributed by atoms with Gasteiger partial charge in [-0.3, -0.25) is 0 Å². The van der Waals surface area contributed by atoms with Crippen molar-refractivity contribution in [3.63, 3.8) is 0 Å². The van der Waals surface area contributed by atoms with E-state index in [4.69, 9.17) is 5.73 Å². The van der Waals surface area contributed by atoms with Crippen molar-refractivity contribution in [2.75, 3.05) is 11.9 Å². The summed E-state index contributed by atoms with van der Waals surface area (Å²) in [5.41, 5.74) is 5.97. The van der Waals surface area contributed by atoms with E-state index in [1.54, 1.807) is 0 Å². The molecule has 0 radical (unpaired) electrons. The average molecular weight is 292 g/mol. The van der Waals surface area contributed by atoms with Crippen molar-refractivity contribution in [2.24, 2.45) is 5.73 Å². The lowest BCUT2D eigenvalue weighted by atomic mass is 9.99. The summed E-state index contributed by atoms with van der Waals surface area (Å²) in [5, 5.41) is 3.16. The molecule has 7 heteroatoms. The van der Waals surface area contributed by atoms with Gasteiger partial charge in [-0.2, -0.15) is 8.78 Å². The number of halogens is 2. The summed E-state index contributed by atoms with van der Waals surface area (Å²) < 4.78 is 47.2. The molecule has 1 aromatic rings. The lowest BCUT2D eigenvalue weighted by Crippen LogP contribution is -2.41. The van der Waals surface area contributed by atoms with Crippen LogP contribution in [-0.4, -0.2) is 26.3 Å². The van der Waals surface area contributed by atoms with Gasteiger partial charge in [-0.15, -0.1) is 0 Å². The van der Waals surface area contributed by atoms with Crippen LogP contribution < -0.4 is 11.1 Å². The minimum atomic E-state index is -4.53. The maximum Gasteiger partial charge on any atom is 0.341 e. The molecule has 0 saturated carbocycles. The summed E-state index contributed by atoms with van der Waals surface area (Å²) in [7, 11) is -4.53. The van der Waals surface area contributed by atoms with Crippen molar-refractivity contribution in [1.29, 1.82) is 0 Å². The predicted octanol–water partition coefficient (Wildman–Crippen LogP) is 2.22. The Morgan fingerprint density at radius 1 is 1.32 bits per heavy atom. The largest absolute Gasteiger partial charge is 0.379 e. The minimum Gasteiger partial charge on any atom is -0.379 e. The third kappa shape index (κ3) is 3.63. The van der Waals surface area contributed by atoms with Crippen molar-refractivity contribution in [3.8, 4) is 0 Å². The Labute approximate surface area is 111 Å². The molecule has 108 valence electrons. The fraction of sp³-hybridized carbons (Fsp3) is 0.500. The summed E-state index contributed by atoms with van der Waals surface area (Å²) >= 11 is 0. The number of nitrogens with one attached hydrogen (secondary N) is 1. The van der Waals surface area contributed by atoms with Gasteiger partial charge in [0.1, 0.15) is 0 Å². The SMILES string of the molecule is CCC(C)(CN)Nc1ccc(S(=O)(=O)C(F)F)cc1. The molecule has 0 spiro atoms. The van der Waals surface area contributed by atoms with Crippen LogP contribution in [0.5, 0.6) is 0 Å². The lowest BCUT2D eigenvalue weighted by molar-refractivity contribution is 0.234. The van der Waals surface area contributed by atoms with Crippen LogP contribution >= 0.6 is 0 Å². The van der Waals surface area contributed by atoms with Gasteiger partial charge in [0.2, 0.25) is 9.84 Å². The molecule has 0 heterocycles. The molecule has 3 N–H and O–H groups in total. The molecule has 0 aliphatic heterocycles. The molecule has 0 aliphatic rings. The molecule has 1 atom stereocenters. The molecule has 4 nitrogen and oxygen atoms in total. The van der Waals surface area contributed by atoms with Crippen LogP contribution in [0.4, 0.5) is 14.5 Å². The van der Waals surface area contributed by atoms with E-state index in [0.29, 0.717) is 12.2 Å². The zero-order chi connectivity index (χ0) is 14.7. The van der Waals surface area contributed by atoms with Crippen LogP contribution in [0.25, 0.3) is 0 Å². The quantitative estimate of drug-likeness (QED) is 0.843. The van der Waals surface area contributed by atoms with Crippen molar-refractivity contribution >= 4 is 15.5 Å². The van der Waals surface area contributed by atoms with Crippen LogP contribution in [0.1, 0.15) is 20.3 Å². The molecular weight excluding hydrogens is 274 g/mol. The third-order valence-corrected chi connectivity index (χ3v) is 4.49. The zero-order valence-corrected chi connectivity index (χ0v) is 11.7. The monoisotopic (exact) mass is 292 g/mol. The Balaban J connectivity index is 2.95. The van der Waals surface area contributed by atoms with E-state index in [-0.39, 0.29) is 10.4 Å². The van der Waals surface area contributed by atoms with Gasteiger partial charge in [0, 0.05) is 17.8 Å². The van der Waals surface area contributed by atoms with Gasteiger partial charge in [-0.1, -0.05) is 6.92 Å². The summed E-state index contributed by atoms with van der Waals surface area (Å²) in [6.07, 6.45) is 0.778. The van der Waals surface area contributed by atoms with Crippen molar-refractivity contribution in [2.45, 2.75) is 36.5 Å². The third-order valence-electron chi connectivity index (χ3n) is 3.09. The van der Waals surface area contributed by atoms with Gasteiger partial charge in [0.05, 0.1) is 4.90 Å². The predicted molar refractivity (Wildman–Crippen MR) is 71.0 cm³/mol. The summed E-state index contributed by atoms with van der Waals surface area (Å²) in [5.74, 6) is -3.41. The second-order valence-electron chi connectivity index (χ2n) is 4.57. The molecule has 0 bridgehead atoms. The fourth-order valence-electron chi connectivity index (χ4n) is 1.46. The van der Waals surface area contributed by atoms with Gasteiger partial charge in [0.15, 0.2) is 0 Å². The molecule has 19 heavy (non-hydrogen) atoms. The van der Waals surface area contributed by atoms with E-state index in [1.807, 2.05) is 13.8 Å². The highest BCUT2D eigenvalue weighted by atomic mass is 32.2. The van der Waals surface area contributed by atoms with Crippen LogP contribution in [0.15, 0.2) is 29.2 Å². The van der Waals surface area contributed by atoms with Gasteiger partial charge >= 0.3 is 5.76 Å². The zero-order valence-electron chi connectivity index (χ0n) is 10.9. The van der Waals surface area contributed by atoms with Crippen LogP contribution in [-0.2, 0) is 9.84 Å². The molecule has 0 aromatic heterocycles. The molecule has 1 rings (SSSR count). The van der Waals surface area contributed by atoms with E-state index in [9.17, 15) is 17.2 Å². The number of sulfone groups is 1. The summed E-state index contributed by atoms with van der Waals surface area (Å²) in [4.78, 5) is -0.390. The number of nitrogens with two attached hydrogens (primary N) is 1. The summed E-state index contributed by atoms with van der Waals surface area (Å²) in [6.45, 7) is 4.30. The Morgan fingerprint density at radius 2 is 1.84 bits per heavy atom. The lowest BCUT2D eigenvalue weighted by Gasteiger charge is -2.29. The first-order chi connectivity index (χ1) is 8.75. The first-order valence-electron chi connectivity index (χ1n) is 5.85. The standard InChI is InChI=1S/C12H18F2N2O2S/c1-3-12(2,8-15)16-9-4-6-10(7-5-9)19(17,18)11(13)14/h4-7,11,16H,3,8,15H2,1-2H3. The highest BCUT2D eigenvalue weighted by Crippen LogP contribution is 2.22. The topological polar surface area (TPSA) is 72.2 Å². The first-order valence-corrected chi connectivity index (χ1v) is 7.40. The number of hydrogen-bond donors (Lipinski definition) is 2. The Hall–Kier alpha value is -1.21. The maximum atomic E-state index is 12.4. The first kappa shape index (κ1) is 15.8. The van der Waals surface area contributed by atoms with Crippen LogP contribution in [0, 0.1) is 0 Å². The average Bonchev–Trinajstić information content (AvgIpc) is 2.39. The number of rotatable bonds is 6. The number of alkyl halides is 2. The van der Waals surface area contributed by atoms with E-state index >= 15 is 0 Å². The van der Waals surface area contributed by atoms with Crippen molar-refractivity contribution < 1.29 is 17.2 Å². The second kappa shape index (κ2) is 5.83. The van der Waals surface area contributed by atoms with Crippen LogP contribution in [0.2, 0.25) is 0 Å². The molecule has 0 saturated heterocycles. The molecule has 0 amide bonds. The number of hydrogen-bond acceptors (Lipinski definition) is 4. The highest BCUT2D eigenvalue weighted by molar-refractivity contribution is 7.91. The van der Waals surface area contributed by atoms with Gasteiger partial charge < -0.3 is 11.1 Å². The van der Waals surface area contributed by atoms with Crippen molar-refractivity contribution in [3.05, 3.63) is 24.3 Å². The van der Waals surface area contributed by atoms with Crippen molar-refractivity contribution in [1.82, 2.24) is 0 Å². The maximum absolute atomic E-state index is 12.4. The van der Waals surface area contributed by atoms with E-state index < -0.39 is 15.6 Å².